The van der Waals surface area contributed by atoms with Crippen molar-refractivity contribution in [2.75, 3.05) is 6.26 Å². The SMILES string of the molecule is CCCC(C#N)=S(C)(=O)NC(C)CC. The molecule has 0 spiro atoms. The summed E-state index contributed by atoms with van der Waals surface area (Å²) in [5, 5.41) is 8.87. The molecule has 4 heteroatoms. The monoisotopic (exact) mass is 216 g/mol. The first-order valence-corrected chi connectivity index (χ1v) is 6.97. The molecule has 0 aliphatic rings. The Hall–Kier alpha value is -0.530. The third-order valence-electron chi connectivity index (χ3n) is 2.11. The summed E-state index contributed by atoms with van der Waals surface area (Å²) >= 11 is 0. The van der Waals surface area contributed by atoms with Gasteiger partial charge in [0.25, 0.3) is 0 Å². The molecule has 0 radical (unpaired) electrons. The van der Waals surface area contributed by atoms with Gasteiger partial charge in [-0.05, 0) is 19.8 Å². The Bertz CT molecular complexity index is 322. The van der Waals surface area contributed by atoms with Crippen LogP contribution < -0.4 is 4.72 Å². The summed E-state index contributed by atoms with van der Waals surface area (Å²) in [6.45, 7) is 5.99. The summed E-state index contributed by atoms with van der Waals surface area (Å²) in [4.78, 5) is 0.486. The van der Waals surface area contributed by atoms with Crippen LogP contribution in [0.1, 0.15) is 40.0 Å². The average molecular weight is 216 g/mol. The molecule has 3 nitrogen and oxygen atoms in total. The van der Waals surface area contributed by atoms with Gasteiger partial charge in [-0.25, -0.2) is 4.72 Å². The first-order chi connectivity index (χ1) is 6.47. The largest absolute Gasteiger partial charge is 0.252 e. The Morgan fingerprint density at radius 3 is 2.50 bits per heavy atom. The molecule has 1 N–H and O–H groups in total. The van der Waals surface area contributed by atoms with Gasteiger partial charge < -0.3 is 0 Å². The highest BCUT2D eigenvalue weighted by Crippen LogP contribution is 1.99. The summed E-state index contributed by atoms with van der Waals surface area (Å²) in [5.41, 5.74) is 0. The molecule has 0 amide bonds. The molecule has 0 saturated heterocycles. The van der Waals surface area contributed by atoms with Crippen molar-refractivity contribution < 1.29 is 4.21 Å². The van der Waals surface area contributed by atoms with Crippen molar-refractivity contribution in [2.24, 2.45) is 0 Å². The molecule has 0 heterocycles. The van der Waals surface area contributed by atoms with Gasteiger partial charge in [0.2, 0.25) is 0 Å². The maximum Gasteiger partial charge on any atom is 0.105 e. The molecule has 82 valence electrons. The van der Waals surface area contributed by atoms with Crippen LogP contribution in [0, 0.1) is 11.3 Å². The molecule has 0 aromatic carbocycles. The lowest BCUT2D eigenvalue weighted by molar-refractivity contribution is 0.625. The van der Waals surface area contributed by atoms with Crippen molar-refractivity contribution in [3.63, 3.8) is 0 Å². The maximum absolute atomic E-state index is 12.1. The van der Waals surface area contributed by atoms with E-state index in [0.29, 0.717) is 11.3 Å². The number of nitriles is 1. The first-order valence-electron chi connectivity index (χ1n) is 5.00. The van der Waals surface area contributed by atoms with Gasteiger partial charge in [-0.15, -0.1) is 0 Å². The van der Waals surface area contributed by atoms with Crippen molar-refractivity contribution in [3.8, 4) is 6.07 Å². The average Bonchev–Trinajstić information content (AvgIpc) is 2.12. The zero-order valence-electron chi connectivity index (χ0n) is 9.46. The van der Waals surface area contributed by atoms with E-state index in [0.717, 1.165) is 12.8 Å². The smallest absolute Gasteiger partial charge is 0.105 e. The van der Waals surface area contributed by atoms with Crippen molar-refractivity contribution in [3.05, 3.63) is 0 Å². The van der Waals surface area contributed by atoms with Gasteiger partial charge in [0.05, 0.1) is 4.86 Å². The van der Waals surface area contributed by atoms with Crippen LogP contribution in [-0.4, -0.2) is 21.4 Å². The van der Waals surface area contributed by atoms with Crippen LogP contribution in [0.2, 0.25) is 0 Å². The quantitative estimate of drug-likeness (QED) is 0.711. The molecule has 0 bridgehead atoms. The van der Waals surface area contributed by atoms with Gasteiger partial charge in [0, 0.05) is 22.0 Å². The summed E-state index contributed by atoms with van der Waals surface area (Å²) in [6.07, 6.45) is 4.01. The number of rotatable bonds is 5. The third kappa shape index (κ3) is 4.12. The van der Waals surface area contributed by atoms with E-state index in [1.807, 2.05) is 20.8 Å². The highest BCUT2D eigenvalue weighted by molar-refractivity contribution is 8.00. The van der Waals surface area contributed by atoms with E-state index in [4.69, 9.17) is 5.26 Å². The normalized spacial score (nSPS) is 16.8. The van der Waals surface area contributed by atoms with E-state index in [9.17, 15) is 4.21 Å². The second-order valence-corrected chi connectivity index (χ2v) is 5.97. The Morgan fingerprint density at radius 2 is 2.14 bits per heavy atom. The highest BCUT2D eigenvalue weighted by Gasteiger charge is 2.11. The summed E-state index contributed by atoms with van der Waals surface area (Å²) in [7, 11) is -2.29. The fourth-order valence-corrected chi connectivity index (χ4v) is 2.95. The molecule has 0 rings (SSSR count). The fourth-order valence-electron chi connectivity index (χ4n) is 1.10. The van der Waals surface area contributed by atoms with Crippen LogP contribution in [-0.2, 0) is 9.71 Å². The Labute approximate surface area is 87.6 Å². The van der Waals surface area contributed by atoms with E-state index < -0.39 is 9.71 Å². The predicted molar refractivity (Wildman–Crippen MR) is 62.5 cm³/mol. The van der Waals surface area contributed by atoms with Gasteiger partial charge in [-0.2, -0.15) is 5.26 Å². The van der Waals surface area contributed by atoms with E-state index in [2.05, 4.69) is 10.8 Å². The lowest BCUT2D eigenvalue weighted by Gasteiger charge is -2.15. The van der Waals surface area contributed by atoms with Crippen molar-refractivity contribution >= 4 is 14.6 Å². The van der Waals surface area contributed by atoms with Crippen LogP contribution in [0.25, 0.3) is 0 Å². The predicted octanol–water partition coefficient (Wildman–Crippen LogP) is 1.70. The molecule has 0 aliphatic carbocycles. The minimum absolute atomic E-state index is 0.188. The number of nitrogens with zero attached hydrogens (tertiary/aromatic N) is 1. The number of hydrogen-bond acceptors (Lipinski definition) is 2. The van der Waals surface area contributed by atoms with Crippen LogP contribution >= 0.6 is 0 Å². The molecule has 2 atom stereocenters. The molecular formula is C10H20N2OS. The fraction of sp³-hybridized carbons (Fsp3) is 0.800. The Balaban J connectivity index is 4.88. The minimum atomic E-state index is -2.29. The van der Waals surface area contributed by atoms with Gasteiger partial charge in [-0.3, -0.25) is 4.21 Å². The Kier molecular flexibility index (Phi) is 5.82. The Morgan fingerprint density at radius 1 is 1.57 bits per heavy atom. The summed E-state index contributed by atoms with van der Waals surface area (Å²) < 4.78 is 15.1. The van der Waals surface area contributed by atoms with Crippen LogP contribution in [0.15, 0.2) is 0 Å². The number of hydrogen-bond donors (Lipinski definition) is 1. The third-order valence-corrected chi connectivity index (χ3v) is 4.20. The van der Waals surface area contributed by atoms with E-state index >= 15 is 0 Å². The van der Waals surface area contributed by atoms with Crippen molar-refractivity contribution in [2.45, 2.75) is 46.1 Å². The second kappa shape index (κ2) is 6.05. The molecule has 0 aliphatic heterocycles. The topological polar surface area (TPSA) is 52.9 Å². The van der Waals surface area contributed by atoms with Crippen molar-refractivity contribution in [1.82, 2.24) is 4.72 Å². The van der Waals surface area contributed by atoms with Crippen LogP contribution in [0.3, 0.4) is 0 Å². The van der Waals surface area contributed by atoms with Gasteiger partial charge in [0.15, 0.2) is 0 Å². The summed E-state index contributed by atoms with van der Waals surface area (Å²) in [6, 6.07) is 2.24. The zero-order valence-corrected chi connectivity index (χ0v) is 10.3. The molecular weight excluding hydrogens is 196 g/mol. The lowest BCUT2D eigenvalue weighted by Crippen LogP contribution is -2.35. The molecule has 2 unspecified atom stereocenters. The second-order valence-electron chi connectivity index (χ2n) is 3.56. The van der Waals surface area contributed by atoms with E-state index in [-0.39, 0.29) is 6.04 Å². The van der Waals surface area contributed by atoms with E-state index in [1.54, 1.807) is 6.26 Å². The molecule has 0 saturated carbocycles. The molecule has 14 heavy (non-hydrogen) atoms. The lowest BCUT2D eigenvalue weighted by atomic mass is 10.3. The van der Waals surface area contributed by atoms with Crippen molar-refractivity contribution in [1.29, 1.82) is 5.26 Å². The maximum atomic E-state index is 12.1. The molecule has 0 fully saturated rings. The number of nitrogens with one attached hydrogen (secondary N) is 1. The zero-order chi connectivity index (χ0) is 11.2. The standard InChI is InChI=1S/C10H20N2OS/c1-5-7-10(8-11)14(4,13)12-9(3)6-2/h9H,5-7H2,1-4H3,(H,12,13). The van der Waals surface area contributed by atoms with E-state index in [1.165, 1.54) is 0 Å². The molecule has 0 aromatic heterocycles. The minimum Gasteiger partial charge on any atom is -0.252 e. The van der Waals surface area contributed by atoms with Crippen LogP contribution in [0.4, 0.5) is 0 Å². The van der Waals surface area contributed by atoms with Gasteiger partial charge >= 0.3 is 0 Å². The summed E-state index contributed by atoms with van der Waals surface area (Å²) in [5.74, 6) is 0. The highest BCUT2D eigenvalue weighted by atomic mass is 32.2. The van der Waals surface area contributed by atoms with Gasteiger partial charge in [-0.1, -0.05) is 20.3 Å². The van der Waals surface area contributed by atoms with Gasteiger partial charge in [0.1, 0.15) is 6.07 Å². The molecule has 0 aromatic rings. The van der Waals surface area contributed by atoms with Crippen LogP contribution in [0.5, 0.6) is 0 Å². The first kappa shape index (κ1) is 13.5.